The highest BCUT2D eigenvalue weighted by Gasteiger charge is 2.09. The molecule has 0 saturated carbocycles. The average Bonchev–Trinajstić information content (AvgIpc) is 2.39. The van der Waals surface area contributed by atoms with Crippen molar-refractivity contribution >= 4 is 0 Å². The van der Waals surface area contributed by atoms with E-state index in [2.05, 4.69) is 51.0 Å². The molecular formula is C17H23. The van der Waals surface area contributed by atoms with Crippen LogP contribution in [0.2, 0.25) is 0 Å². The van der Waals surface area contributed by atoms with Gasteiger partial charge in [0.15, 0.2) is 0 Å². The Morgan fingerprint density at radius 1 is 1.12 bits per heavy atom. The lowest BCUT2D eigenvalue weighted by molar-refractivity contribution is 0.674. The number of hydrogen-bond acceptors (Lipinski definition) is 0. The van der Waals surface area contributed by atoms with Gasteiger partial charge in [0.05, 0.1) is 0 Å². The van der Waals surface area contributed by atoms with E-state index in [9.17, 15) is 0 Å². The molecule has 91 valence electrons. The molecule has 0 aromatic heterocycles. The Balaban J connectivity index is 2.75. The van der Waals surface area contributed by atoms with E-state index in [4.69, 9.17) is 6.42 Å². The van der Waals surface area contributed by atoms with Crippen molar-refractivity contribution in [2.24, 2.45) is 0 Å². The summed E-state index contributed by atoms with van der Waals surface area (Å²) < 4.78 is 0. The Bertz CT molecular complexity index is 353. The van der Waals surface area contributed by atoms with Gasteiger partial charge >= 0.3 is 0 Å². The number of unbranched alkanes of at least 4 members (excludes halogenated alkanes) is 1. The van der Waals surface area contributed by atoms with Crippen molar-refractivity contribution in [2.45, 2.75) is 58.3 Å². The molecule has 0 heteroatoms. The minimum atomic E-state index is 0.181. The van der Waals surface area contributed by atoms with Crippen LogP contribution >= 0.6 is 0 Å². The predicted molar refractivity (Wildman–Crippen MR) is 74.5 cm³/mol. The Morgan fingerprint density at radius 2 is 1.71 bits per heavy atom. The standard InChI is InChI=1S/C17H23/c1-5-8-9-15(7-3)17-12-10-16(11-13-17)14(4)6-2/h10-15H,5-6,8-9H2,1-2,4H3. The summed E-state index contributed by atoms with van der Waals surface area (Å²) in [5.41, 5.74) is 2.64. The van der Waals surface area contributed by atoms with Crippen LogP contribution in [0.25, 0.3) is 0 Å². The summed E-state index contributed by atoms with van der Waals surface area (Å²) in [5, 5.41) is 0. The SMILES string of the molecule is [C]#CC(CCCC)c1ccc(C(C)CC)cc1. The fraction of sp³-hybridized carbons (Fsp3) is 0.529. The van der Waals surface area contributed by atoms with Crippen molar-refractivity contribution in [3.63, 3.8) is 0 Å². The highest BCUT2D eigenvalue weighted by molar-refractivity contribution is 5.30. The lowest BCUT2D eigenvalue weighted by Gasteiger charge is -2.13. The minimum absolute atomic E-state index is 0.181. The first kappa shape index (κ1) is 13.8. The van der Waals surface area contributed by atoms with Crippen LogP contribution in [0, 0.1) is 12.3 Å². The Labute approximate surface area is 106 Å². The third kappa shape index (κ3) is 3.93. The molecule has 0 saturated heterocycles. The van der Waals surface area contributed by atoms with E-state index in [0.29, 0.717) is 5.92 Å². The second kappa shape index (κ2) is 7.17. The van der Waals surface area contributed by atoms with Crippen molar-refractivity contribution in [1.82, 2.24) is 0 Å². The van der Waals surface area contributed by atoms with Crippen molar-refractivity contribution in [2.75, 3.05) is 0 Å². The molecule has 0 amide bonds. The summed E-state index contributed by atoms with van der Waals surface area (Å²) in [5.74, 6) is 3.47. The van der Waals surface area contributed by atoms with E-state index >= 15 is 0 Å². The molecule has 0 N–H and O–H groups in total. The molecule has 0 aliphatic heterocycles. The first-order valence-corrected chi connectivity index (χ1v) is 6.75. The van der Waals surface area contributed by atoms with Gasteiger partial charge in [0, 0.05) is 5.92 Å². The van der Waals surface area contributed by atoms with E-state index in [1.54, 1.807) is 0 Å². The van der Waals surface area contributed by atoms with E-state index in [0.717, 1.165) is 6.42 Å². The third-order valence-electron chi connectivity index (χ3n) is 3.54. The molecule has 0 aliphatic carbocycles. The topological polar surface area (TPSA) is 0 Å². The van der Waals surface area contributed by atoms with Crippen LogP contribution in [0.3, 0.4) is 0 Å². The van der Waals surface area contributed by atoms with Crippen LogP contribution in [0.5, 0.6) is 0 Å². The molecule has 1 radical (unpaired) electrons. The molecule has 2 atom stereocenters. The average molecular weight is 227 g/mol. The zero-order valence-electron chi connectivity index (χ0n) is 11.3. The van der Waals surface area contributed by atoms with Crippen LogP contribution in [-0.2, 0) is 0 Å². The summed E-state index contributed by atoms with van der Waals surface area (Å²) in [6, 6.07) is 8.76. The summed E-state index contributed by atoms with van der Waals surface area (Å²) in [6.07, 6.45) is 12.0. The molecule has 2 unspecified atom stereocenters. The van der Waals surface area contributed by atoms with Crippen LogP contribution in [0.15, 0.2) is 24.3 Å². The van der Waals surface area contributed by atoms with Crippen molar-refractivity contribution in [3.05, 3.63) is 41.8 Å². The van der Waals surface area contributed by atoms with Gasteiger partial charge in [-0.3, -0.25) is 0 Å². The van der Waals surface area contributed by atoms with E-state index < -0.39 is 0 Å². The molecule has 0 spiro atoms. The van der Waals surface area contributed by atoms with Gasteiger partial charge in [0.1, 0.15) is 0 Å². The lowest BCUT2D eigenvalue weighted by atomic mass is 9.91. The van der Waals surface area contributed by atoms with Gasteiger partial charge in [-0.2, -0.15) is 0 Å². The van der Waals surface area contributed by atoms with Crippen molar-refractivity contribution in [1.29, 1.82) is 0 Å². The highest BCUT2D eigenvalue weighted by Crippen LogP contribution is 2.24. The van der Waals surface area contributed by atoms with E-state index in [1.807, 2.05) is 0 Å². The van der Waals surface area contributed by atoms with Gasteiger partial charge in [-0.15, -0.1) is 0 Å². The molecule has 1 rings (SSSR count). The van der Waals surface area contributed by atoms with E-state index in [-0.39, 0.29) is 5.92 Å². The normalized spacial score (nSPS) is 14.0. The molecule has 0 fully saturated rings. The van der Waals surface area contributed by atoms with Gasteiger partial charge in [0.2, 0.25) is 0 Å². The van der Waals surface area contributed by atoms with Gasteiger partial charge in [-0.05, 0) is 36.3 Å². The first-order valence-electron chi connectivity index (χ1n) is 6.75. The lowest BCUT2D eigenvalue weighted by Crippen LogP contribution is -1.97. The maximum atomic E-state index is 7.40. The van der Waals surface area contributed by atoms with Gasteiger partial charge in [0.25, 0.3) is 0 Å². The molecule has 0 aliphatic rings. The zero-order chi connectivity index (χ0) is 12.7. The molecule has 1 aromatic rings. The van der Waals surface area contributed by atoms with Crippen molar-refractivity contribution in [3.8, 4) is 5.92 Å². The van der Waals surface area contributed by atoms with E-state index in [1.165, 1.54) is 30.4 Å². The van der Waals surface area contributed by atoms with Gasteiger partial charge in [-0.1, -0.05) is 63.8 Å². The summed E-state index contributed by atoms with van der Waals surface area (Å²) in [4.78, 5) is 0. The first-order chi connectivity index (χ1) is 8.22. The van der Waals surface area contributed by atoms with Gasteiger partial charge < -0.3 is 0 Å². The third-order valence-corrected chi connectivity index (χ3v) is 3.54. The second-order valence-corrected chi connectivity index (χ2v) is 4.82. The number of rotatable bonds is 6. The maximum absolute atomic E-state index is 7.40. The predicted octanol–water partition coefficient (Wildman–Crippen LogP) is 5.06. The van der Waals surface area contributed by atoms with Crippen LogP contribution in [0.1, 0.15) is 69.4 Å². The highest BCUT2D eigenvalue weighted by atomic mass is 14.1. The van der Waals surface area contributed by atoms with Crippen LogP contribution < -0.4 is 0 Å². The summed E-state index contributed by atoms with van der Waals surface area (Å²) in [6.45, 7) is 6.66. The molecular weight excluding hydrogens is 204 g/mol. The molecule has 1 aromatic carbocycles. The fourth-order valence-corrected chi connectivity index (χ4v) is 2.02. The Kier molecular flexibility index (Phi) is 5.84. The maximum Gasteiger partial charge on any atom is 0.0462 e. The van der Waals surface area contributed by atoms with Crippen molar-refractivity contribution < 1.29 is 0 Å². The Hall–Kier alpha value is -1.22. The zero-order valence-corrected chi connectivity index (χ0v) is 11.3. The minimum Gasteiger partial charge on any atom is -0.0809 e. The molecule has 17 heavy (non-hydrogen) atoms. The summed E-state index contributed by atoms with van der Waals surface area (Å²) >= 11 is 0. The molecule has 0 nitrogen and oxygen atoms in total. The number of hydrogen-bond donors (Lipinski definition) is 0. The second-order valence-electron chi connectivity index (χ2n) is 4.82. The van der Waals surface area contributed by atoms with Gasteiger partial charge in [-0.25, -0.2) is 0 Å². The largest absolute Gasteiger partial charge is 0.0809 e. The monoisotopic (exact) mass is 227 g/mol. The fourth-order valence-electron chi connectivity index (χ4n) is 2.02. The molecule has 0 heterocycles. The quantitative estimate of drug-likeness (QED) is 0.596. The van der Waals surface area contributed by atoms with Crippen LogP contribution in [0.4, 0.5) is 0 Å². The molecule has 0 bridgehead atoms. The Morgan fingerprint density at radius 3 is 2.18 bits per heavy atom. The smallest absolute Gasteiger partial charge is 0.0462 e. The van der Waals surface area contributed by atoms with Crippen LogP contribution in [-0.4, -0.2) is 0 Å². The summed E-state index contributed by atoms with van der Waals surface area (Å²) in [7, 11) is 0. The number of benzene rings is 1.